The lowest BCUT2D eigenvalue weighted by molar-refractivity contribution is 0.288. The number of hydrogen-bond acceptors (Lipinski definition) is 7. The summed E-state index contributed by atoms with van der Waals surface area (Å²) in [7, 11) is 0. The third-order valence-corrected chi connectivity index (χ3v) is 6.49. The van der Waals surface area contributed by atoms with Gasteiger partial charge in [-0.15, -0.1) is 10.2 Å². The standard InChI is InChI=1S/C23H22ClN5O2S/c1-2-15-7-9-16(10-8-15)22-25-21(31-28-22)14-32-23-27-26-20(29(23)17-11-12-17)13-30-19-6-4-3-5-18(19)24/h3-10,17H,2,11-14H2,1H3. The Morgan fingerprint density at radius 1 is 1.12 bits per heavy atom. The highest BCUT2D eigenvalue weighted by Gasteiger charge is 2.30. The van der Waals surface area contributed by atoms with Crippen LogP contribution in [0.15, 0.2) is 58.2 Å². The van der Waals surface area contributed by atoms with E-state index >= 15 is 0 Å². The molecular weight excluding hydrogens is 446 g/mol. The minimum Gasteiger partial charge on any atom is -0.484 e. The summed E-state index contributed by atoms with van der Waals surface area (Å²) < 4.78 is 13.5. The van der Waals surface area contributed by atoms with Crippen LogP contribution in [0.25, 0.3) is 11.4 Å². The van der Waals surface area contributed by atoms with Gasteiger partial charge in [0.05, 0.1) is 10.8 Å². The zero-order chi connectivity index (χ0) is 21.9. The topological polar surface area (TPSA) is 78.9 Å². The lowest BCUT2D eigenvalue weighted by Gasteiger charge is -2.10. The minimum absolute atomic E-state index is 0.312. The molecule has 2 aromatic carbocycles. The van der Waals surface area contributed by atoms with Crippen molar-refractivity contribution in [2.45, 2.75) is 49.7 Å². The Balaban J connectivity index is 1.26. The monoisotopic (exact) mass is 467 g/mol. The van der Waals surface area contributed by atoms with E-state index in [1.54, 1.807) is 17.8 Å². The summed E-state index contributed by atoms with van der Waals surface area (Å²) >= 11 is 7.73. The van der Waals surface area contributed by atoms with Crippen LogP contribution in [0.5, 0.6) is 5.75 Å². The van der Waals surface area contributed by atoms with E-state index in [-0.39, 0.29) is 0 Å². The molecule has 0 aliphatic heterocycles. The molecule has 4 aromatic rings. The number of hydrogen-bond donors (Lipinski definition) is 0. The second-order valence-corrected chi connectivity index (χ2v) is 8.92. The molecule has 1 fully saturated rings. The van der Waals surface area contributed by atoms with Crippen molar-refractivity contribution in [2.24, 2.45) is 0 Å². The molecule has 0 unspecified atom stereocenters. The molecule has 0 bridgehead atoms. The fourth-order valence-corrected chi connectivity index (χ4v) is 4.41. The number of aromatic nitrogens is 5. The Morgan fingerprint density at radius 3 is 2.69 bits per heavy atom. The molecule has 1 saturated carbocycles. The minimum atomic E-state index is 0.312. The zero-order valence-corrected chi connectivity index (χ0v) is 19.1. The maximum atomic E-state index is 6.19. The quantitative estimate of drug-likeness (QED) is 0.290. The lowest BCUT2D eigenvalue weighted by atomic mass is 10.1. The van der Waals surface area contributed by atoms with Gasteiger partial charge >= 0.3 is 0 Å². The van der Waals surface area contributed by atoms with E-state index in [4.69, 9.17) is 20.9 Å². The molecule has 9 heteroatoms. The smallest absolute Gasteiger partial charge is 0.237 e. The number of halogens is 1. The van der Waals surface area contributed by atoms with Crippen molar-refractivity contribution in [3.8, 4) is 17.1 Å². The molecule has 2 heterocycles. The van der Waals surface area contributed by atoms with E-state index in [2.05, 4.69) is 44.0 Å². The SMILES string of the molecule is CCc1ccc(-c2noc(CSc3nnc(COc4ccccc4Cl)n3C3CC3)n2)cc1. The predicted octanol–water partition coefficient (Wildman–Crippen LogP) is 5.75. The molecule has 7 nitrogen and oxygen atoms in total. The van der Waals surface area contributed by atoms with Crippen molar-refractivity contribution < 1.29 is 9.26 Å². The molecule has 0 saturated heterocycles. The van der Waals surface area contributed by atoms with Gasteiger partial charge in [0.25, 0.3) is 0 Å². The van der Waals surface area contributed by atoms with Crippen molar-refractivity contribution in [2.75, 3.05) is 0 Å². The van der Waals surface area contributed by atoms with Crippen molar-refractivity contribution in [1.82, 2.24) is 24.9 Å². The summed E-state index contributed by atoms with van der Waals surface area (Å²) in [6.45, 7) is 2.44. The van der Waals surface area contributed by atoms with E-state index in [0.29, 0.717) is 40.9 Å². The largest absolute Gasteiger partial charge is 0.484 e. The van der Waals surface area contributed by atoms with Crippen LogP contribution < -0.4 is 4.74 Å². The number of ether oxygens (including phenoxy) is 1. The molecule has 0 N–H and O–H groups in total. The van der Waals surface area contributed by atoms with Gasteiger partial charge in [0.15, 0.2) is 11.0 Å². The molecular formula is C23H22ClN5O2S. The maximum Gasteiger partial charge on any atom is 0.237 e. The molecule has 0 amide bonds. The molecule has 0 radical (unpaired) electrons. The van der Waals surface area contributed by atoms with Gasteiger partial charge in [0.1, 0.15) is 12.4 Å². The van der Waals surface area contributed by atoms with Gasteiger partial charge < -0.3 is 9.26 Å². The van der Waals surface area contributed by atoms with Crippen LogP contribution in [-0.2, 0) is 18.8 Å². The van der Waals surface area contributed by atoms with Crippen molar-refractivity contribution in [3.63, 3.8) is 0 Å². The zero-order valence-electron chi connectivity index (χ0n) is 17.6. The molecule has 1 aliphatic rings. The Bertz CT molecular complexity index is 1200. The van der Waals surface area contributed by atoms with Crippen LogP contribution in [0.1, 0.15) is 43.1 Å². The average molecular weight is 468 g/mol. The molecule has 2 aromatic heterocycles. The number of benzene rings is 2. The summed E-state index contributed by atoms with van der Waals surface area (Å²) in [6.07, 6.45) is 3.23. The third kappa shape index (κ3) is 4.66. The van der Waals surface area contributed by atoms with E-state index in [9.17, 15) is 0 Å². The maximum absolute atomic E-state index is 6.19. The highest BCUT2D eigenvalue weighted by Crippen LogP contribution is 2.39. The summed E-state index contributed by atoms with van der Waals surface area (Å²) in [5, 5.41) is 14.3. The van der Waals surface area contributed by atoms with Crippen molar-refractivity contribution >= 4 is 23.4 Å². The second kappa shape index (κ2) is 9.34. The highest BCUT2D eigenvalue weighted by molar-refractivity contribution is 7.98. The molecule has 0 spiro atoms. The van der Waals surface area contributed by atoms with Crippen LogP contribution in [0.3, 0.4) is 0 Å². The lowest BCUT2D eigenvalue weighted by Crippen LogP contribution is -2.07. The molecule has 164 valence electrons. The number of para-hydroxylation sites is 1. The molecule has 32 heavy (non-hydrogen) atoms. The van der Waals surface area contributed by atoms with Gasteiger partial charge in [-0.25, -0.2) is 0 Å². The van der Waals surface area contributed by atoms with Crippen LogP contribution in [-0.4, -0.2) is 24.9 Å². The Kier molecular flexibility index (Phi) is 6.14. The van der Waals surface area contributed by atoms with Gasteiger partial charge in [0.2, 0.25) is 11.7 Å². The van der Waals surface area contributed by atoms with Crippen molar-refractivity contribution in [1.29, 1.82) is 0 Å². The Hall–Kier alpha value is -2.84. The molecule has 1 aliphatic carbocycles. The first-order valence-electron chi connectivity index (χ1n) is 10.6. The average Bonchev–Trinajstić information content (AvgIpc) is 3.40. The van der Waals surface area contributed by atoms with Gasteiger partial charge in [-0.05, 0) is 37.0 Å². The van der Waals surface area contributed by atoms with E-state index in [0.717, 1.165) is 35.8 Å². The van der Waals surface area contributed by atoms with Crippen LogP contribution in [0.2, 0.25) is 5.02 Å². The Labute approximate surface area is 195 Å². The van der Waals surface area contributed by atoms with Gasteiger partial charge in [-0.1, -0.05) is 71.8 Å². The number of rotatable bonds is 9. The number of thioether (sulfide) groups is 1. The van der Waals surface area contributed by atoms with Crippen LogP contribution in [0, 0.1) is 0 Å². The van der Waals surface area contributed by atoms with E-state index in [1.807, 2.05) is 30.3 Å². The van der Waals surface area contributed by atoms with Crippen LogP contribution >= 0.6 is 23.4 Å². The summed E-state index contributed by atoms with van der Waals surface area (Å²) in [6, 6.07) is 16.1. The summed E-state index contributed by atoms with van der Waals surface area (Å²) in [4.78, 5) is 4.54. The van der Waals surface area contributed by atoms with Crippen molar-refractivity contribution in [3.05, 3.63) is 70.8 Å². The fourth-order valence-electron chi connectivity index (χ4n) is 3.35. The van der Waals surface area contributed by atoms with Gasteiger partial charge in [0, 0.05) is 11.6 Å². The van der Waals surface area contributed by atoms with Gasteiger partial charge in [-0.2, -0.15) is 4.98 Å². The number of nitrogens with zero attached hydrogens (tertiary/aromatic N) is 5. The van der Waals surface area contributed by atoms with E-state index in [1.165, 1.54) is 5.56 Å². The van der Waals surface area contributed by atoms with Gasteiger partial charge in [-0.3, -0.25) is 4.57 Å². The summed E-state index contributed by atoms with van der Waals surface area (Å²) in [5.41, 5.74) is 2.23. The second-order valence-electron chi connectivity index (χ2n) is 7.57. The molecule has 0 atom stereocenters. The first-order valence-corrected chi connectivity index (χ1v) is 11.9. The predicted molar refractivity (Wildman–Crippen MR) is 123 cm³/mol. The number of aryl methyl sites for hydroxylation is 1. The first-order chi connectivity index (χ1) is 15.7. The molecule has 5 rings (SSSR count). The third-order valence-electron chi connectivity index (χ3n) is 5.25. The Morgan fingerprint density at radius 2 is 1.94 bits per heavy atom. The normalized spacial score (nSPS) is 13.4. The highest BCUT2D eigenvalue weighted by atomic mass is 35.5. The summed E-state index contributed by atoms with van der Waals surface area (Å²) in [5.74, 6) is 3.11. The first kappa shape index (κ1) is 21.0. The van der Waals surface area contributed by atoms with Crippen LogP contribution in [0.4, 0.5) is 0 Å². The van der Waals surface area contributed by atoms with E-state index < -0.39 is 0 Å². The fraction of sp³-hybridized carbons (Fsp3) is 0.304.